The second-order valence-corrected chi connectivity index (χ2v) is 4.94. The van der Waals surface area contributed by atoms with Gasteiger partial charge in [-0.25, -0.2) is 0 Å². The van der Waals surface area contributed by atoms with Crippen molar-refractivity contribution in [3.8, 4) is 0 Å². The van der Waals surface area contributed by atoms with Gasteiger partial charge >= 0.3 is 0 Å². The molecule has 1 unspecified atom stereocenters. The first-order valence-corrected chi connectivity index (χ1v) is 4.86. The van der Waals surface area contributed by atoms with Crippen molar-refractivity contribution in [1.82, 2.24) is 0 Å². The Bertz CT molecular complexity index is 140. The zero-order chi connectivity index (χ0) is 9.78. The maximum Gasteiger partial charge on any atom is 0.0520 e. The van der Waals surface area contributed by atoms with E-state index < -0.39 is 0 Å². The number of hydrogen-bond donors (Lipinski definition) is 0. The van der Waals surface area contributed by atoms with Crippen LogP contribution in [0.4, 0.5) is 0 Å². The summed E-state index contributed by atoms with van der Waals surface area (Å²) in [5.41, 5.74) is 0.0939. The van der Waals surface area contributed by atoms with Gasteiger partial charge in [-0.3, -0.25) is 4.99 Å². The Morgan fingerprint density at radius 2 is 1.67 bits per heavy atom. The lowest BCUT2D eigenvalue weighted by Gasteiger charge is -2.14. The molecule has 0 fully saturated rings. The molecule has 1 atom stereocenters. The zero-order valence-electron chi connectivity index (χ0n) is 9.39. The summed E-state index contributed by atoms with van der Waals surface area (Å²) in [4.78, 5) is 4.45. The number of aliphatic imine (C=N–C) groups is 1. The van der Waals surface area contributed by atoms with Gasteiger partial charge in [-0.2, -0.15) is 0 Å². The van der Waals surface area contributed by atoms with Gasteiger partial charge in [0.15, 0.2) is 0 Å². The first-order chi connectivity index (χ1) is 5.33. The minimum absolute atomic E-state index is 0.0939. The fraction of sp³-hybridized carbons (Fsp3) is 0.909. The van der Waals surface area contributed by atoms with E-state index in [4.69, 9.17) is 0 Å². The summed E-state index contributed by atoms with van der Waals surface area (Å²) in [7, 11) is 0. The van der Waals surface area contributed by atoms with Crippen molar-refractivity contribution in [3.05, 3.63) is 0 Å². The van der Waals surface area contributed by atoms with E-state index in [0.29, 0.717) is 0 Å². The minimum Gasteiger partial charge on any atom is -0.292 e. The van der Waals surface area contributed by atoms with Gasteiger partial charge in [0.25, 0.3) is 0 Å². The molecular formula is C11H23N. The van der Waals surface area contributed by atoms with Crippen LogP contribution in [-0.4, -0.2) is 11.8 Å². The molecule has 0 amide bonds. The van der Waals surface area contributed by atoms with Crippen LogP contribution in [0.1, 0.15) is 48.0 Å². The molecule has 0 aliphatic carbocycles. The van der Waals surface area contributed by atoms with Gasteiger partial charge in [0.2, 0.25) is 0 Å². The molecule has 0 aromatic carbocycles. The van der Waals surface area contributed by atoms with Crippen molar-refractivity contribution >= 4 is 6.21 Å². The maximum absolute atomic E-state index is 4.45. The quantitative estimate of drug-likeness (QED) is 0.573. The zero-order valence-corrected chi connectivity index (χ0v) is 9.39. The molecule has 12 heavy (non-hydrogen) atoms. The molecule has 0 aromatic heterocycles. The van der Waals surface area contributed by atoms with Crippen LogP contribution in [0.5, 0.6) is 0 Å². The van der Waals surface area contributed by atoms with Gasteiger partial charge in [-0.05, 0) is 45.2 Å². The SMILES string of the molecule is CC(C)C(C)CC=NC(C)(C)C. The summed E-state index contributed by atoms with van der Waals surface area (Å²) in [6, 6.07) is 0. The molecule has 0 bridgehead atoms. The Morgan fingerprint density at radius 3 is 2.00 bits per heavy atom. The van der Waals surface area contributed by atoms with Gasteiger partial charge in [-0.15, -0.1) is 0 Å². The second-order valence-electron chi connectivity index (χ2n) is 4.94. The largest absolute Gasteiger partial charge is 0.292 e. The molecule has 0 aliphatic rings. The summed E-state index contributed by atoms with van der Waals surface area (Å²) < 4.78 is 0. The molecule has 0 radical (unpaired) electrons. The van der Waals surface area contributed by atoms with Crippen molar-refractivity contribution in [1.29, 1.82) is 0 Å². The third-order valence-corrected chi connectivity index (χ3v) is 2.09. The van der Waals surface area contributed by atoms with Gasteiger partial charge in [0, 0.05) is 0 Å². The minimum atomic E-state index is 0.0939. The summed E-state index contributed by atoms with van der Waals surface area (Å²) in [6.07, 6.45) is 3.18. The lowest BCUT2D eigenvalue weighted by Crippen LogP contribution is -2.11. The highest BCUT2D eigenvalue weighted by Gasteiger charge is 2.07. The fourth-order valence-electron chi connectivity index (χ4n) is 0.765. The van der Waals surface area contributed by atoms with E-state index in [2.05, 4.69) is 52.7 Å². The molecule has 0 saturated heterocycles. The Labute approximate surface area is 77.3 Å². The fourth-order valence-corrected chi connectivity index (χ4v) is 0.765. The average molecular weight is 169 g/mol. The first-order valence-electron chi connectivity index (χ1n) is 4.86. The van der Waals surface area contributed by atoms with Gasteiger partial charge in [0.05, 0.1) is 5.54 Å². The van der Waals surface area contributed by atoms with Crippen LogP contribution in [0, 0.1) is 11.8 Å². The summed E-state index contributed by atoms with van der Waals surface area (Å²) in [5, 5.41) is 0. The van der Waals surface area contributed by atoms with E-state index >= 15 is 0 Å². The molecule has 0 aromatic rings. The summed E-state index contributed by atoms with van der Waals surface area (Å²) in [6.45, 7) is 13.2. The van der Waals surface area contributed by atoms with E-state index in [-0.39, 0.29) is 5.54 Å². The van der Waals surface area contributed by atoms with Crippen molar-refractivity contribution in [2.45, 2.75) is 53.5 Å². The molecule has 0 heterocycles. The van der Waals surface area contributed by atoms with Crippen LogP contribution in [-0.2, 0) is 0 Å². The van der Waals surface area contributed by atoms with Gasteiger partial charge in [-0.1, -0.05) is 20.8 Å². The predicted molar refractivity (Wildman–Crippen MR) is 56.9 cm³/mol. The van der Waals surface area contributed by atoms with Crippen LogP contribution in [0.3, 0.4) is 0 Å². The van der Waals surface area contributed by atoms with Gasteiger partial charge < -0.3 is 0 Å². The summed E-state index contributed by atoms with van der Waals surface area (Å²) in [5.74, 6) is 1.51. The topological polar surface area (TPSA) is 12.4 Å². The van der Waals surface area contributed by atoms with E-state index in [1.54, 1.807) is 0 Å². The number of nitrogens with zero attached hydrogens (tertiary/aromatic N) is 1. The number of rotatable bonds is 3. The third kappa shape index (κ3) is 6.38. The van der Waals surface area contributed by atoms with Crippen LogP contribution >= 0.6 is 0 Å². The molecule has 0 saturated carbocycles. The molecule has 0 rings (SSSR count). The van der Waals surface area contributed by atoms with E-state index in [9.17, 15) is 0 Å². The van der Waals surface area contributed by atoms with E-state index in [1.807, 2.05) is 0 Å². The Balaban J connectivity index is 3.75. The summed E-state index contributed by atoms with van der Waals surface area (Å²) >= 11 is 0. The van der Waals surface area contributed by atoms with Crippen LogP contribution < -0.4 is 0 Å². The maximum atomic E-state index is 4.45. The highest BCUT2D eigenvalue weighted by atomic mass is 14.8. The standard InChI is InChI=1S/C11H23N/c1-9(2)10(3)7-8-12-11(4,5)6/h8-10H,7H2,1-6H3. The van der Waals surface area contributed by atoms with Crippen molar-refractivity contribution < 1.29 is 0 Å². The number of hydrogen-bond acceptors (Lipinski definition) is 1. The Hall–Kier alpha value is -0.330. The highest BCUT2D eigenvalue weighted by molar-refractivity contribution is 5.58. The third-order valence-electron chi connectivity index (χ3n) is 2.09. The monoisotopic (exact) mass is 169 g/mol. The molecule has 0 N–H and O–H groups in total. The van der Waals surface area contributed by atoms with Crippen molar-refractivity contribution in [2.24, 2.45) is 16.8 Å². The average Bonchev–Trinajstić information content (AvgIpc) is 1.84. The molecule has 72 valence electrons. The predicted octanol–water partition coefficient (Wildman–Crippen LogP) is 3.54. The smallest absolute Gasteiger partial charge is 0.0520 e. The molecule has 1 heteroatoms. The lowest BCUT2D eigenvalue weighted by molar-refractivity contribution is 0.434. The van der Waals surface area contributed by atoms with Crippen LogP contribution in [0.2, 0.25) is 0 Å². The van der Waals surface area contributed by atoms with Crippen molar-refractivity contribution in [2.75, 3.05) is 0 Å². The lowest BCUT2D eigenvalue weighted by atomic mass is 9.95. The highest BCUT2D eigenvalue weighted by Crippen LogP contribution is 2.13. The van der Waals surface area contributed by atoms with Crippen LogP contribution in [0.25, 0.3) is 0 Å². The van der Waals surface area contributed by atoms with Gasteiger partial charge in [0.1, 0.15) is 0 Å². The van der Waals surface area contributed by atoms with Crippen molar-refractivity contribution in [3.63, 3.8) is 0 Å². The normalized spacial score (nSPS) is 15.9. The Morgan fingerprint density at radius 1 is 1.17 bits per heavy atom. The molecular weight excluding hydrogens is 146 g/mol. The Kier molecular flexibility index (Phi) is 4.51. The van der Waals surface area contributed by atoms with E-state index in [0.717, 1.165) is 18.3 Å². The molecule has 1 nitrogen and oxygen atoms in total. The second kappa shape index (κ2) is 4.64. The molecule has 0 aliphatic heterocycles. The molecule has 0 spiro atoms. The van der Waals surface area contributed by atoms with E-state index in [1.165, 1.54) is 0 Å². The first kappa shape index (κ1) is 11.7. The van der Waals surface area contributed by atoms with Crippen LogP contribution in [0.15, 0.2) is 4.99 Å².